The molecule has 0 amide bonds. The van der Waals surface area contributed by atoms with E-state index in [2.05, 4.69) is 56.7 Å². The first-order chi connectivity index (χ1) is 12.2. The van der Waals surface area contributed by atoms with Gasteiger partial charge in [-0.15, -0.1) is 0 Å². The van der Waals surface area contributed by atoms with Crippen LogP contribution in [-0.2, 0) is 0 Å². The number of para-hydroxylation sites is 1. The molecule has 1 atom stereocenters. The first kappa shape index (κ1) is 15.9. The molecule has 25 heavy (non-hydrogen) atoms. The Morgan fingerprint density at radius 1 is 0.880 bits per heavy atom. The lowest BCUT2D eigenvalue weighted by Gasteiger charge is -2.29. The summed E-state index contributed by atoms with van der Waals surface area (Å²) in [4.78, 5) is 0. The molecule has 1 aliphatic heterocycles. The fraction of sp³-hybridized carbons (Fsp3) is 0.0476. The van der Waals surface area contributed by atoms with Gasteiger partial charge in [0.1, 0.15) is 5.82 Å². The van der Waals surface area contributed by atoms with E-state index < -0.39 is 0 Å². The van der Waals surface area contributed by atoms with Gasteiger partial charge in [-0.05, 0) is 47.5 Å². The van der Waals surface area contributed by atoms with Crippen LogP contribution in [0.2, 0.25) is 0 Å². The number of nitrogens with one attached hydrogen (secondary N) is 1. The Labute approximate surface area is 154 Å². The van der Waals surface area contributed by atoms with Crippen LogP contribution in [0.25, 0.3) is 11.1 Å². The summed E-state index contributed by atoms with van der Waals surface area (Å²) in [5.74, 6) is -0.227. The van der Waals surface area contributed by atoms with Crippen molar-refractivity contribution in [2.45, 2.75) is 6.04 Å². The van der Waals surface area contributed by atoms with E-state index in [1.54, 1.807) is 0 Å². The SMILES string of the molecule is Fc1ccc(-c2ccccc2N2NC=CC2c2ccc(Br)cc2)cc1. The van der Waals surface area contributed by atoms with Crippen LogP contribution < -0.4 is 10.4 Å². The van der Waals surface area contributed by atoms with Crippen LogP contribution in [0.15, 0.2) is 89.5 Å². The highest BCUT2D eigenvalue weighted by molar-refractivity contribution is 9.10. The predicted octanol–water partition coefficient (Wildman–Crippen LogP) is 5.83. The van der Waals surface area contributed by atoms with Crippen molar-refractivity contribution in [3.05, 3.63) is 101 Å². The standard InChI is InChI=1S/C21H16BrFN2/c22-17-9-5-16(6-10-17)20-13-14-24-25(20)21-4-2-1-3-19(21)15-7-11-18(23)12-8-15/h1-14,20,24H. The van der Waals surface area contributed by atoms with Crippen LogP contribution in [0.5, 0.6) is 0 Å². The Balaban J connectivity index is 1.74. The molecule has 0 radical (unpaired) electrons. The van der Waals surface area contributed by atoms with E-state index in [0.717, 1.165) is 21.3 Å². The predicted molar refractivity (Wildman–Crippen MR) is 103 cm³/mol. The zero-order chi connectivity index (χ0) is 17.2. The molecule has 1 N–H and O–H groups in total. The summed E-state index contributed by atoms with van der Waals surface area (Å²) in [6.07, 6.45) is 4.08. The van der Waals surface area contributed by atoms with Crippen LogP contribution in [0.1, 0.15) is 11.6 Å². The number of rotatable bonds is 3. The van der Waals surface area contributed by atoms with Crippen LogP contribution >= 0.6 is 15.9 Å². The number of halogens is 2. The van der Waals surface area contributed by atoms with Crippen molar-refractivity contribution in [2.24, 2.45) is 0 Å². The first-order valence-electron chi connectivity index (χ1n) is 8.05. The number of nitrogens with zero attached hydrogens (tertiary/aromatic N) is 1. The van der Waals surface area contributed by atoms with Gasteiger partial charge in [0.25, 0.3) is 0 Å². The minimum Gasteiger partial charge on any atom is -0.305 e. The third-order valence-corrected chi connectivity index (χ3v) is 4.83. The van der Waals surface area contributed by atoms with Gasteiger partial charge in [0.2, 0.25) is 0 Å². The van der Waals surface area contributed by atoms with E-state index in [1.165, 1.54) is 17.7 Å². The van der Waals surface area contributed by atoms with Crippen molar-refractivity contribution in [2.75, 3.05) is 5.01 Å². The number of hydrazine groups is 1. The van der Waals surface area contributed by atoms with Gasteiger partial charge in [-0.3, -0.25) is 5.01 Å². The fourth-order valence-electron chi connectivity index (χ4n) is 3.08. The molecule has 4 heteroatoms. The Morgan fingerprint density at radius 2 is 1.60 bits per heavy atom. The van der Waals surface area contributed by atoms with Crippen molar-refractivity contribution >= 4 is 21.6 Å². The van der Waals surface area contributed by atoms with Crippen LogP contribution in [-0.4, -0.2) is 0 Å². The van der Waals surface area contributed by atoms with Crippen LogP contribution in [0.3, 0.4) is 0 Å². The molecule has 1 unspecified atom stereocenters. The smallest absolute Gasteiger partial charge is 0.123 e. The second-order valence-electron chi connectivity index (χ2n) is 5.88. The Hall–Kier alpha value is -2.59. The topological polar surface area (TPSA) is 15.3 Å². The molecule has 0 bridgehead atoms. The summed E-state index contributed by atoms with van der Waals surface area (Å²) in [5.41, 5.74) is 7.61. The summed E-state index contributed by atoms with van der Waals surface area (Å²) in [6.45, 7) is 0. The van der Waals surface area contributed by atoms with Gasteiger partial charge in [0.15, 0.2) is 0 Å². The van der Waals surface area contributed by atoms with E-state index >= 15 is 0 Å². The maximum atomic E-state index is 13.3. The van der Waals surface area contributed by atoms with E-state index in [-0.39, 0.29) is 11.9 Å². The molecule has 3 aromatic rings. The molecule has 3 aromatic carbocycles. The summed E-state index contributed by atoms with van der Waals surface area (Å²) >= 11 is 3.48. The highest BCUT2D eigenvalue weighted by atomic mass is 79.9. The Bertz CT molecular complexity index is 904. The second kappa shape index (κ2) is 6.73. The molecule has 1 heterocycles. The van der Waals surface area contributed by atoms with Crippen molar-refractivity contribution < 1.29 is 4.39 Å². The number of benzene rings is 3. The molecule has 1 aliphatic rings. The zero-order valence-electron chi connectivity index (χ0n) is 13.4. The number of hydrogen-bond donors (Lipinski definition) is 1. The maximum absolute atomic E-state index is 13.3. The van der Waals surface area contributed by atoms with Gasteiger partial charge in [-0.1, -0.05) is 58.4 Å². The normalized spacial score (nSPS) is 16.1. The Kier molecular flexibility index (Phi) is 4.28. The molecule has 0 aromatic heterocycles. The molecule has 4 rings (SSSR count). The summed E-state index contributed by atoms with van der Waals surface area (Å²) in [7, 11) is 0. The van der Waals surface area contributed by atoms with E-state index in [0.29, 0.717) is 0 Å². The van der Waals surface area contributed by atoms with Gasteiger partial charge in [-0.25, -0.2) is 4.39 Å². The molecule has 2 nitrogen and oxygen atoms in total. The van der Waals surface area contributed by atoms with Crippen molar-refractivity contribution in [1.82, 2.24) is 5.43 Å². The average molecular weight is 395 g/mol. The highest BCUT2D eigenvalue weighted by Crippen LogP contribution is 2.37. The summed E-state index contributed by atoms with van der Waals surface area (Å²) < 4.78 is 14.3. The largest absolute Gasteiger partial charge is 0.305 e. The van der Waals surface area contributed by atoms with E-state index in [4.69, 9.17) is 0 Å². The lowest BCUT2D eigenvalue weighted by Crippen LogP contribution is -2.32. The second-order valence-corrected chi connectivity index (χ2v) is 6.79. The fourth-order valence-corrected chi connectivity index (χ4v) is 3.34. The monoisotopic (exact) mass is 394 g/mol. The third-order valence-electron chi connectivity index (χ3n) is 4.30. The Morgan fingerprint density at radius 3 is 2.36 bits per heavy atom. The molecule has 0 fully saturated rings. The van der Waals surface area contributed by atoms with Gasteiger partial charge in [0, 0.05) is 16.2 Å². The lowest BCUT2D eigenvalue weighted by molar-refractivity contribution is 0.628. The molecule has 0 saturated heterocycles. The van der Waals surface area contributed by atoms with E-state index in [9.17, 15) is 4.39 Å². The first-order valence-corrected chi connectivity index (χ1v) is 8.84. The van der Waals surface area contributed by atoms with Gasteiger partial charge in [-0.2, -0.15) is 0 Å². The molecular weight excluding hydrogens is 379 g/mol. The van der Waals surface area contributed by atoms with Crippen molar-refractivity contribution in [1.29, 1.82) is 0 Å². The number of hydrogen-bond acceptors (Lipinski definition) is 2. The summed E-state index contributed by atoms with van der Waals surface area (Å²) in [6, 6.07) is 23.2. The van der Waals surface area contributed by atoms with Crippen molar-refractivity contribution in [3.8, 4) is 11.1 Å². The van der Waals surface area contributed by atoms with Gasteiger partial charge in [0.05, 0.1) is 11.7 Å². The lowest BCUT2D eigenvalue weighted by atomic mass is 10.0. The maximum Gasteiger partial charge on any atom is 0.123 e. The zero-order valence-corrected chi connectivity index (χ0v) is 14.9. The third kappa shape index (κ3) is 3.17. The summed E-state index contributed by atoms with van der Waals surface area (Å²) in [5, 5.41) is 2.13. The minimum atomic E-state index is -0.227. The quantitative estimate of drug-likeness (QED) is 0.600. The molecule has 0 aliphatic carbocycles. The van der Waals surface area contributed by atoms with Gasteiger partial charge < -0.3 is 5.43 Å². The van der Waals surface area contributed by atoms with Crippen LogP contribution in [0.4, 0.5) is 10.1 Å². The van der Waals surface area contributed by atoms with Crippen molar-refractivity contribution in [3.63, 3.8) is 0 Å². The molecule has 0 spiro atoms. The number of anilines is 1. The van der Waals surface area contributed by atoms with E-state index in [1.807, 2.05) is 42.6 Å². The minimum absolute atomic E-state index is 0.0923. The average Bonchev–Trinajstić information content (AvgIpc) is 3.13. The molecule has 124 valence electrons. The highest BCUT2D eigenvalue weighted by Gasteiger charge is 2.24. The molecule has 0 saturated carbocycles. The molecular formula is C21H16BrFN2. The van der Waals surface area contributed by atoms with Gasteiger partial charge >= 0.3 is 0 Å². The van der Waals surface area contributed by atoms with Crippen LogP contribution in [0, 0.1) is 5.82 Å².